The number of hydrogen-bond acceptors (Lipinski definition) is 1. The highest BCUT2D eigenvalue weighted by atomic mass is 19.1. The SMILES string of the molecule is Fc1ccc(/C=C/C2CCN2)cc1. The topological polar surface area (TPSA) is 12.0 Å². The zero-order chi connectivity index (χ0) is 9.10. The Bertz CT molecular complexity index is 298. The number of rotatable bonds is 2. The highest BCUT2D eigenvalue weighted by Gasteiger charge is 2.11. The number of hydrogen-bond donors (Lipinski definition) is 1. The Hall–Kier alpha value is -1.15. The second-order valence-corrected chi connectivity index (χ2v) is 3.26. The van der Waals surface area contributed by atoms with Gasteiger partial charge in [-0.15, -0.1) is 0 Å². The summed E-state index contributed by atoms with van der Waals surface area (Å²) in [6, 6.07) is 7.04. The van der Waals surface area contributed by atoms with Crippen LogP contribution in [0, 0.1) is 5.82 Å². The summed E-state index contributed by atoms with van der Waals surface area (Å²) >= 11 is 0. The van der Waals surface area contributed by atoms with Gasteiger partial charge in [0.2, 0.25) is 0 Å². The molecule has 1 unspecified atom stereocenters. The molecule has 0 amide bonds. The maximum atomic E-state index is 12.5. The quantitative estimate of drug-likeness (QED) is 0.730. The molecule has 1 N–H and O–H groups in total. The molecule has 0 radical (unpaired) electrons. The van der Waals surface area contributed by atoms with E-state index in [0.29, 0.717) is 6.04 Å². The molecule has 0 saturated carbocycles. The molecule has 1 aliphatic heterocycles. The largest absolute Gasteiger partial charge is 0.310 e. The van der Waals surface area contributed by atoms with Crippen molar-refractivity contribution in [1.29, 1.82) is 0 Å². The summed E-state index contributed by atoms with van der Waals surface area (Å²) in [6.45, 7) is 1.11. The van der Waals surface area contributed by atoms with Gasteiger partial charge in [0.25, 0.3) is 0 Å². The maximum Gasteiger partial charge on any atom is 0.123 e. The van der Waals surface area contributed by atoms with Crippen LogP contribution in [0.3, 0.4) is 0 Å². The van der Waals surface area contributed by atoms with E-state index in [1.807, 2.05) is 6.08 Å². The fraction of sp³-hybridized carbons (Fsp3) is 0.273. The van der Waals surface area contributed by atoms with Gasteiger partial charge in [-0.1, -0.05) is 24.3 Å². The van der Waals surface area contributed by atoms with Crippen LogP contribution in [0.15, 0.2) is 30.3 Å². The third-order valence-corrected chi connectivity index (χ3v) is 2.25. The van der Waals surface area contributed by atoms with Crippen LogP contribution in [-0.4, -0.2) is 12.6 Å². The van der Waals surface area contributed by atoms with Crippen molar-refractivity contribution in [3.8, 4) is 0 Å². The molecule has 1 aromatic rings. The van der Waals surface area contributed by atoms with Crippen LogP contribution in [0.25, 0.3) is 6.08 Å². The number of benzene rings is 1. The lowest BCUT2D eigenvalue weighted by atomic mass is 10.1. The minimum absolute atomic E-state index is 0.182. The van der Waals surface area contributed by atoms with Gasteiger partial charge in [-0.05, 0) is 30.7 Å². The fourth-order valence-corrected chi connectivity index (χ4v) is 1.28. The van der Waals surface area contributed by atoms with E-state index in [-0.39, 0.29) is 5.82 Å². The van der Waals surface area contributed by atoms with E-state index >= 15 is 0 Å². The van der Waals surface area contributed by atoms with Crippen molar-refractivity contribution in [2.75, 3.05) is 6.54 Å². The molecule has 0 spiro atoms. The van der Waals surface area contributed by atoms with Gasteiger partial charge in [0, 0.05) is 6.04 Å². The van der Waals surface area contributed by atoms with Crippen molar-refractivity contribution in [3.05, 3.63) is 41.7 Å². The molecular weight excluding hydrogens is 165 g/mol. The first kappa shape index (κ1) is 8.45. The molecule has 1 heterocycles. The lowest BCUT2D eigenvalue weighted by Crippen LogP contribution is -2.40. The van der Waals surface area contributed by atoms with E-state index in [2.05, 4.69) is 11.4 Å². The van der Waals surface area contributed by atoms with E-state index in [1.165, 1.54) is 18.6 Å². The molecule has 0 aromatic heterocycles. The summed E-state index contributed by atoms with van der Waals surface area (Å²) in [5.74, 6) is -0.182. The van der Waals surface area contributed by atoms with Gasteiger partial charge in [-0.3, -0.25) is 0 Å². The highest BCUT2D eigenvalue weighted by Crippen LogP contribution is 2.08. The van der Waals surface area contributed by atoms with Crippen molar-refractivity contribution in [2.45, 2.75) is 12.5 Å². The standard InChI is InChI=1S/C11H12FN/c12-10-4-1-9(2-5-10)3-6-11-7-8-13-11/h1-6,11,13H,7-8H2/b6-3+. The summed E-state index contributed by atoms with van der Waals surface area (Å²) in [5.41, 5.74) is 1.05. The molecule has 1 nitrogen and oxygen atoms in total. The van der Waals surface area contributed by atoms with Crippen LogP contribution in [0.1, 0.15) is 12.0 Å². The Balaban J connectivity index is 2.00. The smallest absolute Gasteiger partial charge is 0.123 e. The molecule has 2 heteroatoms. The van der Waals surface area contributed by atoms with Gasteiger partial charge >= 0.3 is 0 Å². The molecular formula is C11H12FN. The van der Waals surface area contributed by atoms with Crippen LogP contribution in [0.5, 0.6) is 0 Å². The maximum absolute atomic E-state index is 12.5. The summed E-state index contributed by atoms with van der Waals surface area (Å²) in [4.78, 5) is 0. The molecule has 1 saturated heterocycles. The normalized spacial score (nSPS) is 21.8. The van der Waals surface area contributed by atoms with Crippen molar-refractivity contribution >= 4 is 6.08 Å². The average molecular weight is 177 g/mol. The second kappa shape index (κ2) is 3.71. The Morgan fingerprint density at radius 2 is 2.00 bits per heavy atom. The number of nitrogens with one attached hydrogen (secondary N) is 1. The van der Waals surface area contributed by atoms with Gasteiger partial charge < -0.3 is 5.32 Å². The fourth-order valence-electron chi connectivity index (χ4n) is 1.28. The molecule has 68 valence electrons. The third-order valence-electron chi connectivity index (χ3n) is 2.25. The van der Waals surface area contributed by atoms with Crippen molar-refractivity contribution in [1.82, 2.24) is 5.32 Å². The van der Waals surface area contributed by atoms with Crippen molar-refractivity contribution in [3.63, 3.8) is 0 Å². The molecule has 1 aliphatic rings. The van der Waals surface area contributed by atoms with E-state index in [0.717, 1.165) is 12.1 Å². The predicted molar refractivity (Wildman–Crippen MR) is 51.8 cm³/mol. The lowest BCUT2D eigenvalue weighted by molar-refractivity contribution is 0.438. The van der Waals surface area contributed by atoms with E-state index in [4.69, 9.17) is 0 Å². The summed E-state index contributed by atoms with van der Waals surface area (Å²) < 4.78 is 12.5. The second-order valence-electron chi connectivity index (χ2n) is 3.26. The Kier molecular flexibility index (Phi) is 2.41. The molecule has 0 bridgehead atoms. The zero-order valence-corrected chi connectivity index (χ0v) is 7.33. The average Bonchev–Trinajstić information content (AvgIpc) is 2.05. The predicted octanol–water partition coefficient (Wildman–Crippen LogP) is 2.20. The van der Waals surface area contributed by atoms with Gasteiger partial charge in [-0.2, -0.15) is 0 Å². The molecule has 1 atom stereocenters. The van der Waals surface area contributed by atoms with Gasteiger partial charge in [-0.25, -0.2) is 4.39 Å². The monoisotopic (exact) mass is 177 g/mol. The van der Waals surface area contributed by atoms with Crippen LogP contribution in [0.4, 0.5) is 4.39 Å². The van der Waals surface area contributed by atoms with Crippen LogP contribution < -0.4 is 5.32 Å². The number of halogens is 1. The lowest BCUT2D eigenvalue weighted by Gasteiger charge is -2.23. The van der Waals surface area contributed by atoms with Crippen LogP contribution in [-0.2, 0) is 0 Å². The zero-order valence-electron chi connectivity index (χ0n) is 7.33. The third kappa shape index (κ3) is 2.16. The first-order chi connectivity index (χ1) is 6.34. The Labute approximate surface area is 77.3 Å². The van der Waals surface area contributed by atoms with Crippen LogP contribution in [0.2, 0.25) is 0 Å². The molecule has 1 aromatic carbocycles. The Morgan fingerprint density at radius 3 is 2.54 bits per heavy atom. The minimum atomic E-state index is -0.182. The van der Waals surface area contributed by atoms with Gasteiger partial charge in [0.05, 0.1) is 0 Å². The first-order valence-electron chi connectivity index (χ1n) is 4.52. The summed E-state index contributed by atoms with van der Waals surface area (Å²) in [5, 5.41) is 3.27. The van der Waals surface area contributed by atoms with Gasteiger partial charge in [0.15, 0.2) is 0 Å². The summed E-state index contributed by atoms with van der Waals surface area (Å²) in [6.07, 6.45) is 5.35. The first-order valence-corrected chi connectivity index (χ1v) is 4.52. The van der Waals surface area contributed by atoms with Crippen molar-refractivity contribution < 1.29 is 4.39 Å². The molecule has 13 heavy (non-hydrogen) atoms. The van der Waals surface area contributed by atoms with E-state index in [1.54, 1.807) is 12.1 Å². The Morgan fingerprint density at radius 1 is 1.31 bits per heavy atom. The molecule has 0 aliphatic carbocycles. The van der Waals surface area contributed by atoms with Gasteiger partial charge in [0.1, 0.15) is 5.82 Å². The summed E-state index contributed by atoms with van der Waals surface area (Å²) in [7, 11) is 0. The molecule has 1 fully saturated rings. The highest BCUT2D eigenvalue weighted by molar-refractivity contribution is 5.49. The van der Waals surface area contributed by atoms with E-state index in [9.17, 15) is 4.39 Å². The minimum Gasteiger partial charge on any atom is -0.310 e. The van der Waals surface area contributed by atoms with E-state index < -0.39 is 0 Å². The van der Waals surface area contributed by atoms with Crippen LogP contribution >= 0.6 is 0 Å². The molecule has 2 rings (SSSR count). The van der Waals surface area contributed by atoms with Crippen molar-refractivity contribution in [2.24, 2.45) is 0 Å².